The smallest absolute Gasteiger partial charge is 0.241 e. The summed E-state index contributed by atoms with van der Waals surface area (Å²) in [6.07, 6.45) is 7.42. The van der Waals surface area contributed by atoms with E-state index >= 15 is 0 Å². The Labute approximate surface area is 132 Å². The third-order valence-corrected chi connectivity index (χ3v) is 6.59. The number of nitrogens with one attached hydrogen (secondary N) is 2. The molecule has 0 aliphatic heterocycles. The molecule has 0 atom stereocenters. The van der Waals surface area contributed by atoms with Gasteiger partial charge in [-0.3, -0.25) is 0 Å². The lowest BCUT2D eigenvalue weighted by atomic mass is 9.87. The molecule has 0 aromatic carbocycles. The Hall–Kier alpha value is -0.430. The molecule has 0 bridgehead atoms. The van der Waals surface area contributed by atoms with Crippen LogP contribution in [0.15, 0.2) is 16.3 Å². The average Bonchev–Trinajstić information content (AvgIpc) is 2.96. The third kappa shape index (κ3) is 5.36. The Kier molecular flexibility index (Phi) is 6.67. The maximum atomic E-state index is 12.2. The van der Waals surface area contributed by atoms with E-state index < -0.39 is 10.0 Å². The molecule has 0 amide bonds. The molecule has 0 saturated heterocycles. The van der Waals surface area contributed by atoms with Gasteiger partial charge in [0.05, 0.1) is 4.90 Å². The fourth-order valence-corrected chi connectivity index (χ4v) is 5.09. The molecule has 0 radical (unpaired) electrons. The minimum atomic E-state index is -3.33. The fourth-order valence-electron chi connectivity index (χ4n) is 2.80. The first-order valence-corrected chi connectivity index (χ1v) is 10.3. The quantitative estimate of drug-likeness (QED) is 0.770. The highest BCUT2D eigenvalue weighted by molar-refractivity contribution is 7.89. The normalized spacial score (nSPS) is 17.2. The van der Waals surface area contributed by atoms with E-state index in [0.29, 0.717) is 17.4 Å². The van der Waals surface area contributed by atoms with Crippen molar-refractivity contribution >= 4 is 21.4 Å². The second kappa shape index (κ2) is 8.27. The summed E-state index contributed by atoms with van der Waals surface area (Å²) < 4.78 is 27.2. The second-order valence-corrected chi connectivity index (χ2v) is 8.48. The van der Waals surface area contributed by atoms with Crippen LogP contribution in [0.1, 0.15) is 50.3 Å². The zero-order valence-electron chi connectivity index (χ0n) is 12.7. The molecule has 6 heteroatoms. The first-order valence-electron chi connectivity index (χ1n) is 7.89. The predicted octanol–water partition coefficient (Wildman–Crippen LogP) is 3.11. The van der Waals surface area contributed by atoms with Crippen molar-refractivity contribution in [1.82, 2.24) is 10.0 Å². The number of hydrogen-bond donors (Lipinski definition) is 2. The van der Waals surface area contributed by atoms with Crippen LogP contribution in [0.4, 0.5) is 0 Å². The molecule has 1 aliphatic rings. The molecule has 21 heavy (non-hydrogen) atoms. The van der Waals surface area contributed by atoms with Gasteiger partial charge in [-0.05, 0) is 24.9 Å². The molecule has 1 aliphatic carbocycles. The van der Waals surface area contributed by atoms with Gasteiger partial charge in [-0.15, -0.1) is 11.3 Å². The Morgan fingerprint density at radius 1 is 1.29 bits per heavy atom. The van der Waals surface area contributed by atoms with Crippen LogP contribution in [0.3, 0.4) is 0 Å². The molecule has 1 fully saturated rings. The summed E-state index contributed by atoms with van der Waals surface area (Å²) >= 11 is 1.50. The van der Waals surface area contributed by atoms with Crippen molar-refractivity contribution in [3.05, 3.63) is 16.3 Å². The molecule has 1 saturated carbocycles. The van der Waals surface area contributed by atoms with Gasteiger partial charge in [-0.1, -0.05) is 39.0 Å². The monoisotopic (exact) mass is 330 g/mol. The molecular weight excluding hydrogens is 304 g/mol. The zero-order valence-corrected chi connectivity index (χ0v) is 14.4. The van der Waals surface area contributed by atoms with Gasteiger partial charge in [0.15, 0.2) is 0 Å². The van der Waals surface area contributed by atoms with Crippen LogP contribution in [0.2, 0.25) is 0 Å². The highest BCUT2D eigenvalue weighted by Gasteiger charge is 2.18. The van der Waals surface area contributed by atoms with Gasteiger partial charge in [0.2, 0.25) is 10.0 Å². The summed E-state index contributed by atoms with van der Waals surface area (Å²) in [6.45, 7) is 4.22. The van der Waals surface area contributed by atoms with Gasteiger partial charge in [-0.2, -0.15) is 0 Å². The van der Waals surface area contributed by atoms with Crippen LogP contribution in [0.5, 0.6) is 0 Å². The highest BCUT2D eigenvalue weighted by atomic mass is 32.2. The lowest BCUT2D eigenvalue weighted by Gasteiger charge is -2.21. The van der Waals surface area contributed by atoms with Gasteiger partial charge < -0.3 is 5.32 Å². The fraction of sp³-hybridized carbons (Fsp3) is 0.733. The lowest BCUT2D eigenvalue weighted by Crippen LogP contribution is -2.26. The summed E-state index contributed by atoms with van der Waals surface area (Å²) in [5.41, 5.74) is 0. The lowest BCUT2D eigenvalue weighted by molar-refractivity contribution is 0.339. The van der Waals surface area contributed by atoms with Crippen molar-refractivity contribution in [3.63, 3.8) is 0 Å². The molecular formula is C15H26N2O2S2. The van der Waals surface area contributed by atoms with Crippen molar-refractivity contribution in [2.24, 2.45) is 5.92 Å². The standard InChI is InChI=1S/C15H26N2O2S2/c1-2-16-11-14-10-15(12-20-14)21(18,19)17-9-8-13-6-4-3-5-7-13/h10,12-13,16-17H,2-9,11H2,1H3. The first kappa shape index (κ1) is 16.9. The van der Waals surface area contributed by atoms with Crippen LogP contribution >= 0.6 is 11.3 Å². The van der Waals surface area contributed by atoms with E-state index in [1.807, 2.05) is 6.92 Å². The molecule has 0 unspecified atom stereocenters. The summed E-state index contributed by atoms with van der Waals surface area (Å²) in [5, 5.41) is 4.94. The summed E-state index contributed by atoms with van der Waals surface area (Å²) in [7, 11) is -3.33. The van der Waals surface area contributed by atoms with Gasteiger partial charge in [0.1, 0.15) is 0 Å². The van der Waals surface area contributed by atoms with Gasteiger partial charge in [0.25, 0.3) is 0 Å². The molecule has 2 rings (SSSR count). The van der Waals surface area contributed by atoms with Crippen LogP contribution in [-0.4, -0.2) is 21.5 Å². The maximum Gasteiger partial charge on any atom is 0.241 e. The van der Waals surface area contributed by atoms with E-state index in [0.717, 1.165) is 24.4 Å². The summed E-state index contributed by atoms with van der Waals surface area (Å²) in [5.74, 6) is 0.702. The zero-order chi connectivity index (χ0) is 15.1. The molecule has 0 spiro atoms. The van der Waals surface area contributed by atoms with Crippen LogP contribution < -0.4 is 10.0 Å². The van der Waals surface area contributed by atoms with E-state index in [1.165, 1.54) is 43.4 Å². The molecule has 1 aromatic heterocycles. The van der Waals surface area contributed by atoms with Crippen LogP contribution in [0.25, 0.3) is 0 Å². The Bertz CT molecular complexity index is 520. The predicted molar refractivity (Wildman–Crippen MR) is 88.1 cm³/mol. The van der Waals surface area contributed by atoms with E-state index in [-0.39, 0.29) is 0 Å². The largest absolute Gasteiger partial charge is 0.312 e. The summed E-state index contributed by atoms with van der Waals surface area (Å²) in [6, 6.07) is 1.77. The van der Waals surface area contributed by atoms with E-state index in [2.05, 4.69) is 10.0 Å². The molecule has 1 heterocycles. The van der Waals surface area contributed by atoms with E-state index in [9.17, 15) is 8.42 Å². The molecule has 4 nitrogen and oxygen atoms in total. The minimum absolute atomic E-state index is 0.407. The average molecular weight is 331 g/mol. The minimum Gasteiger partial charge on any atom is -0.312 e. The van der Waals surface area contributed by atoms with Crippen LogP contribution in [-0.2, 0) is 16.6 Å². The van der Waals surface area contributed by atoms with Crippen molar-refractivity contribution < 1.29 is 8.42 Å². The van der Waals surface area contributed by atoms with Crippen molar-refractivity contribution in [2.75, 3.05) is 13.1 Å². The third-order valence-electron chi connectivity index (χ3n) is 4.06. The Balaban J connectivity index is 1.81. The molecule has 2 N–H and O–H groups in total. The van der Waals surface area contributed by atoms with E-state index in [1.54, 1.807) is 11.4 Å². The number of sulfonamides is 1. The van der Waals surface area contributed by atoms with Crippen LogP contribution in [0, 0.1) is 5.92 Å². The van der Waals surface area contributed by atoms with Crippen molar-refractivity contribution in [1.29, 1.82) is 0 Å². The van der Waals surface area contributed by atoms with Gasteiger partial charge in [-0.25, -0.2) is 13.1 Å². The Morgan fingerprint density at radius 3 is 2.76 bits per heavy atom. The first-order chi connectivity index (χ1) is 10.1. The van der Waals surface area contributed by atoms with Gasteiger partial charge in [0, 0.05) is 23.3 Å². The Morgan fingerprint density at radius 2 is 2.05 bits per heavy atom. The highest BCUT2D eigenvalue weighted by Crippen LogP contribution is 2.26. The molecule has 120 valence electrons. The summed E-state index contributed by atoms with van der Waals surface area (Å²) in [4.78, 5) is 1.47. The van der Waals surface area contributed by atoms with E-state index in [4.69, 9.17) is 0 Å². The topological polar surface area (TPSA) is 58.2 Å². The number of rotatable bonds is 8. The second-order valence-electron chi connectivity index (χ2n) is 5.72. The maximum absolute atomic E-state index is 12.2. The van der Waals surface area contributed by atoms with Crippen molar-refractivity contribution in [2.45, 2.75) is 56.9 Å². The SMILES string of the molecule is CCNCc1cc(S(=O)(=O)NCCC2CCCCC2)cs1. The number of thiophene rings is 1. The molecule has 1 aromatic rings. The van der Waals surface area contributed by atoms with Gasteiger partial charge >= 0.3 is 0 Å². The number of hydrogen-bond acceptors (Lipinski definition) is 4. The van der Waals surface area contributed by atoms with Crippen molar-refractivity contribution in [3.8, 4) is 0 Å².